The first-order valence-corrected chi connectivity index (χ1v) is 4.96. The molecular weight excluding hydrogens is 206 g/mol. The number of aromatic nitrogens is 2. The molecule has 0 bridgehead atoms. The molecule has 0 aliphatic heterocycles. The molecule has 0 fully saturated rings. The van der Waals surface area contributed by atoms with E-state index in [9.17, 15) is 4.79 Å². The van der Waals surface area contributed by atoms with Crippen molar-refractivity contribution in [3.05, 3.63) is 18.1 Å². The van der Waals surface area contributed by atoms with E-state index in [1.807, 2.05) is 0 Å². The normalized spacial score (nSPS) is 9.44. The summed E-state index contributed by atoms with van der Waals surface area (Å²) in [4.78, 5) is 18.3. The van der Waals surface area contributed by atoms with Crippen LogP contribution < -0.4 is 5.32 Å². The molecule has 0 radical (unpaired) electrons. The second-order valence-corrected chi connectivity index (χ2v) is 3.18. The third kappa shape index (κ3) is 3.96. The third-order valence-corrected chi connectivity index (χ3v) is 1.91. The van der Waals surface area contributed by atoms with E-state index >= 15 is 0 Å². The van der Waals surface area contributed by atoms with Crippen LogP contribution in [0.25, 0.3) is 0 Å². The Bertz CT molecular complexity index is 398. The van der Waals surface area contributed by atoms with Crippen LogP contribution in [-0.4, -0.2) is 27.6 Å². The minimum atomic E-state index is -1.08. The fraction of sp³-hybridized carbons (Fsp3) is 0.364. The zero-order valence-corrected chi connectivity index (χ0v) is 8.81. The molecule has 0 atom stereocenters. The number of carbonyl (C=O) groups is 1. The van der Waals surface area contributed by atoms with Crippen LogP contribution >= 0.6 is 0 Å². The van der Waals surface area contributed by atoms with Crippen LogP contribution in [0.1, 0.15) is 29.8 Å². The number of rotatable bonds is 6. The van der Waals surface area contributed by atoms with Gasteiger partial charge in [0.25, 0.3) is 0 Å². The lowest BCUT2D eigenvalue weighted by Gasteiger charge is -2.04. The molecule has 1 aromatic rings. The minimum absolute atomic E-state index is 0.0615. The average molecular weight is 219 g/mol. The lowest BCUT2D eigenvalue weighted by Crippen LogP contribution is -2.07. The number of terminal acetylenes is 1. The highest BCUT2D eigenvalue weighted by Crippen LogP contribution is 2.03. The van der Waals surface area contributed by atoms with Gasteiger partial charge >= 0.3 is 5.97 Å². The van der Waals surface area contributed by atoms with Crippen molar-refractivity contribution in [1.82, 2.24) is 9.97 Å². The van der Waals surface area contributed by atoms with E-state index in [0.717, 1.165) is 19.3 Å². The molecular formula is C11H13N3O2. The van der Waals surface area contributed by atoms with Gasteiger partial charge in [0.05, 0.1) is 12.4 Å². The molecule has 0 aliphatic carbocycles. The number of carboxylic acid groups (broad SMARTS) is 1. The van der Waals surface area contributed by atoms with Crippen LogP contribution in [0, 0.1) is 12.3 Å². The van der Waals surface area contributed by atoms with Crippen molar-refractivity contribution >= 4 is 11.8 Å². The minimum Gasteiger partial charge on any atom is -0.476 e. The van der Waals surface area contributed by atoms with Gasteiger partial charge in [-0.3, -0.25) is 4.98 Å². The molecule has 0 spiro atoms. The number of carboxylic acids is 1. The molecule has 0 saturated heterocycles. The Morgan fingerprint density at radius 3 is 3.00 bits per heavy atom. The maximum absolute atomic E-state index is 10.6. The van der Waals surface area contributed by atoms with Gasteiger partial charge in [-0.15, -0.1) is 12.3 Å². The summed E-state index contributed by atoms with van der Waals surface area (Å²) in [6, 6.07) is 0. The van der Waals surface area contributed by atoms with Gasteiger partial charge in [-0.1, -0.05) is 0 Å². The molecule has 0 unspecified atom stereocenters. The van der Waals surface area contributed by atoms with E-state index in [0.29, 0.717) is 12.4 Å². The van der Waals surface area contributed by atoms with Gasteiger partial charge in [0, 0.05) is 13.0 Å². The number of aromatic carboxylic acids is 1. The molecule has 84 valence electrons. The molecule has 0 saturated carbocycles. The largest absolute Gasteiger partial charge is 0.476 e. The first-order chi connectivity index (χ1) is 7.74. The molecule has 0 aliphatic rings. The summed E-state index contributed by atoms with van der Waals surface area (Å²) in [5, 5.41) is 11.7. The summed E-state index contributed by atoms with van der Waals surface area (Å²) < 4.78 is 0. The van der Waals surface area contributed by atoms with Crippen molar-refractivity contribution in [3.63, 3.8) is 0 Å². The van der Waals surface area contributed by atoms with Crippen molar-refractivity contribution in [2.75, 3.05) is 11.9 Å². The maximum Gasteiger partial charge on any atom is 0.356 e. The van der Waals surface area contributed by atoms with Crippen LogP contribution in [0.3, 0.4) is 0 Å². The number of unbranched alkanes of at least 4 members (excludes halogenated alkanes) is 2. The summed E-state index contributed by atoms with van der Waals surface area (Å²) >= 11 is 0. The molecule has 0 aromatic carbocycles. The van der Waals surface area contributed by atoms with Crippen LogP contribution in [0.15, 0.2) is 12.4 Å². The summed E-state index contributed by atoms with van der Waals surface area (Å²) in [6.45, 7) is 0.708. The molecule has 5 nitrogen and oxygen atoms in total. The summed E-state index contributed by atoms with van der Waals surface area (Å²) in [5.41, 5.74) is -0.0615. The molecule has 1 heterocycles. The number of nitrogens with one attached hydrogen (secondary N) is 1. The van der Waals surface area contributed by atoms with Crippen molar-refractivity contribution in [2.24, 2.45) is 0 Å². The molecule has 16 heavy (non-hydrogen) atoms. The molecule has 2 N–H and O–H groups in total. The zero-order valence-electron chi connectivity index (χ0n) is 8.81. The molecule has 5 heteroatoms. The Kier molecular flexibility index (Phi) is 4.80. The monoisotopic (exact) mass is 219 g/mol. The maximum atomic E-state index is 10.6. The van der Waals surface area contributed by atoms with Gasteiger partial charge in [0.2, 0.25) is 0 Å². The van der Waals surface area contributed by atoms with E-state index in [4.69, 9.17) is 11.5 Å². The van der Waals surface area contributed by atoms with Crippen molar-refractivity contribution in [1.29, 1.82) is 0 Å². The Morgan fingerprint density at radius 1 is 1.50 bits per heavy atom. The number of nitrogens with zero attached hydrogens (tertiary/aromatic N) is 2. The van der Waals surface area contributed by atoms with E-state index in [1.54, 1.807) is 0 Å². The smallest absolute Gasteiger partial charge is 0.356 e. The van der Waals surface area contributed by atoms with Gasteiger partial charge in [0.1, 0.15) is 5.82 Å². The quantitative estimate of drug-likeness (QED) is 0.558. The van der Waals surface area contributed by atoms with E-state index < -0.39 is 5.97 Å². The molecule has 0 amide bonds. The highest BCUT2D eigenvalue weighted by Gasteiger charge is 2.05. The Morgan fingerprint density at radius 2 is 2.31 bits per heavy atom. The van der Waals surface area contributed by atoms with Crippen LogP contribution in [-0.2, 0) is 0 Å². The van der Waals surface area contributed by atoms with Gasteiger partial charge in [-0.25, -0.2) is 9.78 Å². The fourth-order valence-electron chi connectivity index (χ4n) is 1.12. The second-order valence-electron chi connectivity index (χ2n) is 3.18. The predicted molar refractivity (Wildman–Crippen MR) is 60.2 cm³/mol. The summed E-state index contributed by atoms with van der Waals surface area (Å²) in [7, 11) is 0. The lowest BCUT2D eigenvalue weighted by atomic mass is 10.2. The Labute approximate surface area is 93.9 Å². The van der Waals surface area contributed by atoms with Gasteiger partial charge < -0.3 is 10.4 Å². The predicted octanol–water partition coefficient (Wildman–Crippen LogP) is 1.39. The number of hydrogen-bond donors (Lipinski definition) is 2. The standard InChI is InChI=1S/C11H13N3O2/c1-2-3-4-5-6-13-10-8-12-7-9(14-10)11(15)16/h1,7-8H,3-6H2,(H,13,14)(H,15,16). The van der Waals surface area contributed by atoms with E-state index in [2.05, 4.69) is 21.2 Å². The Hall–Kier alpha value is -2.09. The van der Waals surface area contributed by atoms with Gasteiger partial charge in [-0.2, -0.15) is 0 Å². The molecule has 1 aromatic heterocycles. The van der Waals surface area contributed by atoms with Crippen LogP contribution in [0.2, 0.25) is 0 Å². The highest BCUT2D eigenvalue weighted by molar-refractivity contribution is 5.85. The highest BCUT2D eigenvalue weighted by atomic mass is 16.4. The average Bonchev–Trinajstić information content (AvgIpc) is 2.29. The lowest BCUT2D eigenvalue weighted by molar-refractivity contribution is 0.0690. The zero-order chi connectivity index (χ0) is 11.8. The SMILES string of the molecule is C#CCCCCNc1cncc(C(=O)O)n1. The van der Waals surface area contributed by atoms with E-state index in [-0.39, 0.29) is 5.69 Å². The van der Waals surface area contributed by atoms with Crippen LogP contribution in [0.5, 0.6) is 0 Å². The summed E-state index contributed by atoms with van der Waals surface area (Å²) in [6.07, 6.45) is 10.4. The van der Waals surface area contributed by atoms with E-state index in [1.165, 1.54) is 12.4 Å². The van der Waals surface area contributed by atoms with Crippen LogP contribution in [0.4, 0.5) is 5.82 Å². The van der Waals surface area contributed by atoms with Crippen molar-refractivity contribution < 1.29 is 9.90 Å². The van der Waals surface area contributed by atoms with Crippen molar-refractivity contribution in [3.8, 4) is 12.3 Å². The summed E-state index contributed by atoms with van der Waals surface area (Å²) in [5.74, 6) is 1.95. The molecule has 1 rings (SSSR count). The third-order valence-electron chi connectivity index (χ3n) is 1.91. The fourth-order valence-corrected chi connectivity index (χ4v) is 1.12. The number of hydrogen-bond acceptors (Lipinski definition) is 4. The first kappa shape index (κ1) is 12.0. The van der Waals surface area contributed by atoms with Crippen molar-refractivity contribution in [2.45, 2.75) is 19.3 Å². The number of anilines is 1. The second kappa shape index (κ2) is 6.40. The first-order valence-electron chi connectivity index (χ1n) is 4.96. The Balaban J connectivity index is 2.39. The topological polar surface area (TPSA) is 75.1 Å². The van der Waals surface area contributed by atoms with Gasteiger partial charge in [0.15, 0.2) is 5.69 Å². The van der Waals surface area contributed by atoms with Gasteiger partial charge in [-0.05, 0) is 12.8 Å².